The predicted molar refractivity (Wildman–Crippen MR) is 96.8 cm³/mol. The first-order valence-corrected chi connectivity index (χ1v) is 8.48. The third-order valence-electron chi connectivity index (χ3n) is 4.98. The zero-order chi connectivity index (χ0) is 16.7. The molecule has 0 radical (unpaired) electrons. The van der Waals surface area contributed by atoms with Crippen LogP contribution in [0.4, 0.5) is 0 Å². The third kappa shape index (κ3) is 2.20. The lowest BCUT2D eigenvalue weighted by Crippen LogP contribution is -2.32. The third-order valence-corrected chi connectivity index (χ3v) is 4.98. The van der Waals surface area contributed by atoms with Crippen LogP contribution in [0.15, 0.2) is 54.6 Å². The van der Waals surface area contributed by atoms with E-state index in [9.17, 15) is 4.79 Å². The molecule has 1 aliphatic rings. The van der Waals surface area contributed by atoms with E-state index in [-0.39, 0.29) is 11.9 Å². The second kappa shape index (κ2) is 5.75. The largest absolute Gasteiger partial charge is 0.330 e. The molecule has 0 bridgehead atoms. The van der Waals surface area contributed by atoms with Crippen LogP contribution in [0.25, 0.3) is 22.0 Å². The van der Waals surface area contributed by atoms with Crippen LogP contribution < -0.4 is 0 Å². The van der Waals surface area contributed by atoms with E-state index >= 15 is 0 Å². The van der Waals surface area contributed by atoms with E-state index in [1.807, 2.05) is 47.4 Å². The van der Waals surface area contributed by atoms with Crippen LogP contribution in [0.3, 0.4) is 0 Å². The van der Waals surface area contributed by atoms with Crippen LogP contribution in [0, 0.1) is 0 Å². The summed E-state index contributed by atoms with van der Waals surface area (Å²) in [5, 5.41) is 2.25. The summed E-state index contributed by atoms with van der Waals surface area (Å²) >= 11 is 0. The summed E-state index contributed by atoms with van der Waals surface area (Å²) in [4.78, 5) is 19.6. The summed E-state index contributed by atoms with van der Waals surface area (Å²) in [6, 6.07) is 18.6. The van der Waals surface area contributed by atoms with Gasteiger partial charge in [0.05, 0.1) is 5.69 Å². The van der Waals surface area contributed by atoms with Gasteiger partial charge in [0.15, 0.2) is 0 Å². The minimum absolute atomic E-state index is 0.0577. The number of hydrogen-bond acceptors (Lipinski definition) is 2. The smallest absolute Gasteiger partial charge is 0.273 e. The Morgan fingerprint density at radius 2 is 1.67 bits per heavy atom. The van der Waals surface area contributed by atoms with Crippen LogP contribution in [-0.2, 0) is 6.54 Å². The Morgan fingerprint density at radius 1 is 1.00 bits per heavy atom. The van der Waals surface area contributed by atoms with Gasteiger partial charge in [0.2, 0.25) is 0 Å². The number of rotatable bonds is 3. The van der Waals surface area contributed by atoms with E-state index in [1.54, 1.807) is 0 Å². The molecule has 1 atom stereocenters. The van der Waals surface area contributed by atoms with Crippen molar-refractivity contribution < 1.29 is 4.79 Å². The van der Waals surface area contributed by atoms with Gasteiger partial charge < -0.3 is 4.90 Å². The fourth-order valence-electron chi connectivity index (χ4n) is 3.43. The van der Waals surface area contributed by atoms with Crippen LogP contribution in [-0.4, -0.2) is 21.8 Å². The second-order valence-corrected chi connectivity index (χ2v) is 6.39. The Morgan fingerprint density at radius 3 is 2.38 bits per heavy atom. The Labute approximate surface area is 141 Å². The number of amides is 1. The summed E-state index contributed by atoms with van der Waals surface area (Å²) in [5.41, 5.74) is 3.62. The Bertz CT molecular complexity index is 918. The van der Waals surface area contributed by atoms with Crippen LogP contribution in [0.1, 0.15) is 36.3 Å². The monoisotopic (exact) mass is 316 g/mol. The Kier molecular flexibility index (Phi) is 3.57. The number of nitrogens with zero attached hydrogens (tertiary/aromatic N) is 2. The zero-order valence-corrected chi connectivity index (χ0v) is 14.0. The van der Waals surface area contributed by atoms with Gasteiger partial charge in [-0.2, -0.15) is 0 Å². The topological polar surface area (TPSA) is 33.2 Å². The number of aromatic nitrogens is 1. The molecule has 120 valence electrons. The number of carbonyl (C=O) groups is 1. The average Bonchev–Trinajstić information content (AvgIpc) is 2.98. The SMILES string of the molecule is CCC(C)N1Cc2c(nc(-c3ccccc3)c3ccccc23)C1=O. The fourth-order valence-corrected chi connectivity index (χ4v) is 3.43. The summed E-state index contributed by atoms with van der Waals surface area (Å²) in [7, 11) is 0. The van der Waals surface area contributed by atoms with Crippen molar-refractivity contribution in [2.24, 2.45) is 0 Å². The highest BCUT2D eigenvalue weighted by Crippen LogP contribution is 2.35. The number of carbonyl (C=O) groups excluding carboxylic acids is 1. The minimum atomic E-state index is 0.0577. The Balaban J connectivity index is 1.97. The summed E-state index contributed by atoms with van der Waals surface area (Å²) < 4.78 is 0. The molecule has 0 N–H and O–H groups in total. The van der Waals surface area contributed by atoms with Gasteiger partial charge in [0.1, 0.15) is 5.69 Å². The second-order valence-electron chi connectivity index (χ2n) is 6.39. The zero-order valence-electron chi connectivity index (χ0n) is 14.0. The summed E-state index contributed by atoms with van der Waals surface area (Å²) in [6.45, 7) is 4.87. The molecule has 1 aromatic heterocycles. The molecule has 2 heterocycles. The predicted octanol–water partition coefficient (Wildman–Crippen LogP) is 4.66. The van der Waals surface area contributed by atoms with Crippen molar-refractivity contribution >= 4 is 16.7 Å². The van der Waals surface area contributed by atoms with E-state index in [4.69, 9.17) is 4.98 Å². The maximum absolute atomic E-state index is 12.9. The molecule has 0 fully saturated rings. The molecule has 0 saturated carbocycles. The maximum Gasteiger partial charge on any atom is 0.273 e. The molecule has 0 spiro atoms. The summed E-state index contributed by atoms with van der Waals surface area (Å²) in [6.07, 6.45) is 0.948. The van der Waals surface area contributed by atoms with E-state index in [0.717, 1.165) is 34.0 Å². The van der Waals surface area contributed by atoms with Gasteiger partial charge in [-0.25, -0.2) is 4.98 Å². The molecule has 24 heavy (non-hydrogen) atoms. The van der Waals surface area contributed by atoms with Crippen molar-refractivity contribution in [1.29, 1.82) is 0 Å². The van der Waals surface area contributed by atoms with E-state index < -0.39 is 0 Å². The molecule has 1 amide bonds. The first-order chi connectivity index (χ1) is 11.7. The van der Waals surface area contributed by atoms with Gasteiger partial charge in [-0.3, -0.25) is 4.79 Å². The van der Waals surface area contributed by atoms with E-state index in [1.165, 1.54) is 0 Å². The molecule has 4 rings (SSSR count). The van der Waals surface area contributed by atoms with Gasteiger partial charge in [0, 0.05) is 29.1 Å². The highest BCUT2D eigenvalue weighted by Gasteiger charge is 2.33. The first kappa shape index (κ1) is 14.9. The van der Waals surface area contributed by atoms with Crippen molar-refractivity contribution in [3.05, 3.63) is 65.9 Å². The lowest BCUT2D eigenvalue weighted by Gasteiger charge is -2.22. The van der Waals surface area contributed by atoms with Gasteiger partial charge in [0.25, 0.3) is 5.91 Å². The summed E-state index contributed by atoms with van der Waals surface area (Å²) in [5.74, 6) is 0.0577. The lowest BCUT2D eigenvalue weighted by molar-refractivity contribution is 0.0709. The van der Waals surface area contributed by atoms with Crippen molar-refractivity contribution in [3.8, 4) is 11.3 Å². The number of benzene rings is 2. The molecular formula is C21H20N2O. The highest BCUT2D eigenvalue weighted by atomic mass is 16.2. The van der Waals surface area contributed by atoms with Crippen LogP contribution in [0.2, 0.25) is 0 Å². The van der Waals surface area contributed by atoms with E-state index in [0.29, 0.717) is 12.2 Å². The molecule has 0 saturated heterocycles. The lowest BCUT2D eigenvalue weighted by atomic mass is 9.99. The van der Waals surface area contributed by atoms with Gasteiger partial charge >= 0.3 is 0 Å². The first-order valence-electron chi connectivity index (χ1n) is 8.48. The quantitative estimate of drug-likeness (QED) is 0.704. The van der Waals surface area contributed by atoms with Crippen molar-refractivity contribution in [2.45, 2.75) is 32.9 Å². The standard InChI is InChI=1S/C21H20N2O/c1-3-14(2)23-13-18-16-11-7-8-12-17(16)19(22-20(18)21(23)24)15-9-5-4-6-10-15/h4-12,14H,3,13H2,1-2H3. The van der Waals surface area contributed by atoms with Gasteiger partial charge in [-0.15, -0.1) is 0 Å². The Hall–Kier alpha value is -2.68. The van der Waals surface area contributed by atoms with E-state index in [2.05, 4.69) is 26.0 Å². The van der Waals surface area contributed by atoms with Crippen LogP contribution in [0.5, 0.6) is 0 Å². The fraction of sp³-hybridized carbons (Fsp3) is 0.238. The van der Waals surface area contributed by atoms with Crippen molar-refractivity contribution in [2.75, 3.05) is 0 Å². The highest BCUT2D eigenvalue weighted by molar-refractivity contribution is 6.06. The molecule has 3 heteroatoms. The molecule has 1 unspecified atom stereocenters. The molecule has 0 aliphatic carbocycles. The minimum Gasteiger partial charge on any atom is -0.330 e. The molecule has 1 aliphatic heterocycles. The molecule has 2 aromatic carbocycles. The number of hydrogen-bond donors (Lipinski definition) is 0. The van der Waals surface area contributed by atoms with Crippen molar-refractivity contribution in [1.82, 2.24) is 9.88 Å². The maximum atomic E-state index is 12.9. The molecule has 3 nitrogen and oxygen atoms in total. The normalized spacial score (nSPS) is 14.9. The van der Waals surface area contributed by atoms with Gasteiger partial charge in [-0.05, 0) is 18.7 Å². The average molecular weight is 316 g/mol. The van der Waals surface area contributed by atoms with Gasteiger partial charge in [-0.1, -0.05) is 61.5 Å². The molecular weight excluding hydrogens is 296 g/mol. The number of fused-ring (bicyclic) bond motifs is 3. The van der Waals surface area contributed by atoms with Crippen molar-refractivity contribution in [3.63, 3.8) is 0 Å². The molecule has 3 aromatic rings. The number of pyridine rings is 1. The van der Waals surface area contributed by atoms with Crippen LogP contribution >= 0.6 is 0 Å².